The summed E-state index contributed by atoms with van der Waals surface area (Å²) in [5.74, 6) is 1.30. The minimum atomic E-state index is -1.12. The fourth-order valence-electron chi connectivity index (χ4n) is 4.08. The Hall–Kier alpha value is -2.20. The average Bonchev–Trinajstić information content (AvgIpc) is 3.27. The van der Waals surface area contributed by atoms with E-state index in [1.165, 1.54) is 5.56 Å². The van der Waals surface area contributed by atoms with Gasteiger partial charge in [-0.1, -0.05) is 18.2 Å². The van der Waals surface area contributed by atoms with Crippen molar-refractivity contribution in [3.8, 4) is 11.5 Å². The van der Waals surface area contributed by atoms with E-state index in [-0.39, 0.29) is 13.4 Å². The Balaban J connectivity index is 1.37. The van der Waals surface area contributed by atoms with E-state index in [0.29, 0.717) is 11.5 Å². The highest BCUT2D eigenvalue weighted by Gasteiger charge is 2.48. The molecule has 0 bridgehead atoms. The predicted octanol–water partition coefficient (Wildman–Crippen LogP) is 2.28. The summed E-state index contributed by atoms with van der Waals surface area (Å²) in [5.41, 5.74) is 3.89. The van der Waals surface area contributed by atoms with E-state index in [4.69, 9.17) is 28.4 Å². The van der Waals surface area contributed by atoms with Crippen LogP contribution in [0.3, 0.4) is 0 Å². The molecule has 0 saturated carbocycles. The van der Waals surface area contributed by atoms with Crippen LogP contribution in [0.4, 0.5) is 0 Å². The summed E-state index contributed by atoms with van der Waals surface area (Å²) in [4.78, 5) is 0. The molecule has 166 valence electrons. The third kappa shape index (κ3) is 3.91. The molecule has 2 saturated heterocycles. The SMILES string of the molecule is Cc1ccc(C2OC3COC(c4ccc5c(c4)OCO5)OC3C(C(O)CO)O2)cc1C. The highest BCUT2D eigenvalue weighted by Crippen LogP contribution is 2.41. The van der Waals surface area contributed by atoms with Crippen LogP contribution in [0.25, 0.3) is 0 Å². The molecular weight excluding hydrogens is 404 g/mol. The normalized spacial score (nSPS) is 30.6. The summed E-state index contributed by atoms with van der Waals surface area (Å²) in [6.45, 7) is 4.04. The lowest BCUT2D eigenvalue weighted by atomic mass is 9.99. The van der Waals surface area contributed by atoms with Gasteiger partial charge >= 0.3 is 0 Å². The predicted molar refractivity (Wildman–Crippen MR) is 108 cm³/mol. The van der Waals surface area contributed by atoms with Crippen LogP contribution in [0.1, 0.15) is 34.8 Å². The third-order valence-corrected chi connectivity index (χ3v) is 6.00. The molecule has 2 fully saturated rings. The van der Waals surface area contributed by atoms with Crippen molar-refractivity contribution in [1.29, 1.82) is 0 Å². The zero-order valence-corrected chi connectivity index (χ0v) is 17.4. The molecule has 0 radical (unpaired) electrons. The van der Waals surface area contributed by atoms with Gasteiger partial charge in [-0.15, -0.1) is 0 Å². The fraction of sp³-hybridized carbons (Fsp3) is 0.478. The monoisotopic (exact) mass is 430 g/mol. The second kappa shape index (κ2) is 8.38. The molecule has 6 atom stereocenters. The van der Waals surface area contributed by atoms with Gasteiger partial charge in [0.25, 0.3) is 0 Å². The lowest BCUT2D eigenvalue weighted by Crippen LogP contribution is -2.58. The smallest absolute Gasteiger partial charge is 0.231 e. The van der Waals surface area contributed by atoms with Gasteiger partial charge in [0, 0.05) is 11.1 Å². The third-order valence-electron chi connectivity index (χ3n) is 6.00. The molecule has 2 aromatic carbocycles. The molecule has 2 N–H and O–H groups in total. The summed E-state index contributed by atoms with van der Waals surface area (Å²) in [5, 5.41) is 20.1. The molecule has 2 aromatic rings. The van der Waals surface area contributed by atoms with Crippen LogP contribution < -0.4 is 9.47 Å². The Morgan fingerprint density at radius 3 is 2.48 bits per heavy atom. The molecule has 0 aromatic heterocycles. The van der Waals surface area contributed by atoms with E-state index in [1.807, 2.05) is 44.2 Å². The highest BCUT2D eigenvalue weighted by molar-refractivity contribution is 5.44. The summed E-state index contributed by atoms with van der Waals surface area (Å²) >= 11 is 0. The molecular formula is C23H26O8. The summed E-state index contributed by atoms with van der Waals surface area (Å²) in [7, 11) is 0. The number of aliphatic hydroxyl groups is 2. The van der Waals surface area contributed by atoms with E-state index in [2.05, 4.69) is 0 Å². The van der Waals surface area contributed by atoms with E-state index in [1.54, 1.807) is 6.07 Å². The molecule has 0 aliphatic carbocycles. The number of hydrogen-bond acceptors (Lipinski definition) is 8. The van der Waals surface area contributed by atoms with Gasteiger partial charge in [0.2, 0.25) is 6.79 Å². The highest BCUT2D eigenvalue weighted by atomic mass is 16.8. The number of rotatable bonds is 4. The number of hydrogen-bond donors (Lipinski definition) is 2. The Morgan fingerprint density at radius 2 is 1.68 bits per heavy atom. The first-order valence-corrected chi connectivity index (χ1v) is 10.4. The van der Waals surface area contributed by atoms with Crippen molar-refractivity contribution in [2.75, 3.05) is 20.0 Å². The maximum Gasteiger partial charge on any atom is 0.231 e. The zero-order valence-electron chi connectivity index (χ0n) is 17.4. The first-order chi connectivity index (χ1) is 15.0. The zero-order chi connectivity index (χ0) is 21.5. The van der Waals surface area contributed by atoms with Crippen LogP contribution in [0.15, 0.2) is 36.4 Å². The first-order valence-electron chi connectivity index (χ1n) is 10.4. The van der Waals surface area contributed by atoms with Gasteiger partial charge in [0.15, 0.2) is 24.1 Å². The maximum absolute atomic E-state index is 10.5. The lowest BCUT2D eigenvalue weighted by Gasteiger charge is -2.47. The van der Waals surface area contributed by atoms with Crippen molar-refractivity contribution >= 4 is 0 Å². The van der Waals surface area contributed by atoms with Crippen LogP contribution in [0.2, 0.25) is 0 Å². The Kier molecular flexibility index (Phi) is 5.60. The Bertz CT molecular complexity index is 947. The van der Waals surface area contributed by atoms with Crippen molar-refractivity contribution in [1.82, 2.24) is 0 Å². The van der Waals surface area contributed by atoms with Crippen LogP contribution >= 0.6 is 0 Å². The molecule has 31 heavy (non-hydrogen) atoms. The summed E-state index contributed by atoms with van der Waals surface area (Å²) in [6.07, 6.45) is -4.36. The second-order valence-corrected chi connectivity index (χ2v) is 8.08. The van der Waals surface area contributed by atoms with Crippen LogP contribution in [-0.4, -0.2) is 54.6 Å². The second-order valence-electron chi connectivity index (χ2n) is 8.08. The van der Waals surface area contributed by atoms with Gasteiger partial charge in [-0.25, -0.2) is 0 Å². The minimum absolute atomic E-state index is 0.183. The summed E-state index contributed by atoms with van der Waals surface area (Å²) in [6, 6.07) is 11.4. The maximum atomic E-state index is 10.5. The number of ether oxygens (including phenoxy) is 6. The number of benzene rings is 2. The first kappa shape index (κ1) is 20.7. The standard InChI is InChI=1S/C23H26O8/c1-12-3-4-14(7-13(12)2)23-29-19-10-26-22(31-21(19)20(30-23)16(25)9-24)15-5-6-17-18(8-15)28-11-27-17/h3-8,16,19-25H,9-11H2,1-2H3. The molecule has 5 rings (SSSR count). The fourth-order valence-corrected chi connectivity index (χ4v) is 4.08. The van der Waals surface area contributed by atoms with Gasteiger partial charge in [0.05, 0.1) is 13.2 Å². The van der Waals surface area contributed by atoms with Gasteiger partial charge < -0.3 is 38.6 Å². The largest absolute Gasteiger partial charge is 0.454 e. The van der Waals surface area contributed by atoms with E-state index >= 15 is 0 Å². The quantitative estimate of drug-likeness (QED) is 0.763. The van der Waals surface area contributed by atoms with Crippen molar-refractivity contribution in [3.05, 3.63) is 58.7 Å². The molecule has 0 amide bonds. The van der Waals surface area contributed by atoms with Gasteiger partial charge in [-0.05, 0) is 43.2 Å². The number of aliphatic hydroxyl groups excluding tert-OH is 2. The molecule has 3 aliphatic rings. The van der Waals surface area contributed by atoms with E-state index in [0.717, 1.165) is 16.7 Å². The van der Waals surface area contributed by atoms with Crippen LogP contribution in [0, 0.1) is 13.8 Å². The topological polar surface area (TPSA) is 95.8 Å². The average molecular weight is 430 g/mol. The van der Waals surface area contributed by atoms with Gasteiger partial charge in [0.1, 0.15) is 24.4 Å². The summed E-state index contributed by atoms with van der Waals surface area (Å²) < 4.78 is 35.1. The molecule has 8 nitrogen and oxygen atoms in total. The molecule has 0 spiro atoms. The lowest BCUT2D eigenvalue weighted by molar-refractivity contribution is -0.373. The van der Waals surface area contributed by atoms with E-state index in [9.17, 15) is 10.2 Å². The number of fused-ring (bicyclic) bond motifs is 2. The van der Waals surface area contributed by atoms with Crippen molar-refractivity contribution in [2.45, 2.75) is 50.8 Å². The van der Waals surface area contributed by atoms with Gasteiger partial charge in [-0.2, -0.15) is 0 Å². The van der Waals surface area contributed by atoms with Crippen molar-refractivity contribution < 1.29 is 38.6 Å². The van der Waals surface area contributed by atoms with Crippen molar-refractivity contribution in [2.24, 2.45) is 0 Å². The molecule has 3 heterocycles. The van der Waals surface area contributed by atoms with E-state index < -0.39 is 43.6 Å². The molecule has 8 heteroatoms. The van der Waals surface area contributed by atoms with Crippen molar-refractivity contribution in [3.63, 3.8) is 0 Å². The minimum Gasteiger partial charge on any atom is -0.454 e. The number of aryl methyl sites for hydroxylation is 2. The molecule has 6 unspecified atom stereocenters. The van der Waals surface area contributed by atoms with Gasteiger partial charge in [-0.3, -0.25) is 0 Å². The molecule has 3 aliphatic heterocycles. The van der Waals surface area contributed by atoms with Crippen LogP contribution in [-0.2, 0) is 18.9 Å². The Labute approximate surface area is 180 Å². The van der Waals surface area contributed by atoms with Crippen LogP contribution in [0.5, 0.6) is 11.5 Å². The Morgan fingerprint density at radius 1 is 0.903 bits per heavy atom.